The third kappa shape index (κ3) is 0.994. The molecule has 0 atom stereocenters. The molecule has 1 rings (SSSR count). The number of nitrogens with one attached hydrogen (secondary N) is 1. The summed E-state index contributed by atoms with van der Waals surface area (Å²) in [7, 11) is 0. The van der Waals surface area contributed by atoms with Gasteiger partial charge in [-0.3, -0.25) is 4.99 Å². The van der Waals surface area contributed by atoms with Gasteiger partial charge in [0.15, 0.2) is 0 Å². The maximum absolute atomic E-state index is 11.8. The molecule has 3 heteroatoms. The van der Waals surface area contributed by atoms with Crippen molar-refractivity contribution < 1.29 is 4.39 Å². The molecule has 2 nitrogen and oxygen atoms in total. The Kier molecular flexibility index (Phi) is 1.06. The average Bonchev–Trinajstić information content (AvgIpc) is 1.69. The van der Waals surface area contributed by atoms with E-state index >= 15 is 0 Å². The van der Waals surface area contributed by atoms with Crippen molar-refractivity contribution in [3.8, 4) is 0 Å². The zero-order valence-corrected chi connectivity index (χ0v) is 3.56. The Morgan fingerprint density at radius 2 is 2.57 bits per heavy atom. The van der Waals surface area contributed by atoms with Gasteiger partial charge in [-0.2, -0.15) is 0 Å². The van der Waals surface area contributed by atoms with Gasteiger partial charge in [-0.1, -0.05) is 0 Å². The lowest BCUT2D eigenvalue weighted by Crippen LogP contribution is -2.12. The molecule has 37 valence electrons. The quantitative estimate of drug-likeness (QED) is 0.441. The number of hydrogen-bond donors (Lipinski definition) is 1. The van der Waals surface area contributed by atoms with Crippen LogP contribution in [0.4, 0.5) is 4.39 Å². The number of rotatable bonds is 0. The van der Waals surface area contributed by atoms with Crippen LogP contribution in [0.1, 0.15) is 0 Å². The normalized spacial score (nSPS) is 19.6. The Balaban J connectivity index is 2.49. The summed E-state index contributed by atoms with van der Waals surface area (Å²) in [6.45, 7) is 0. The van der Waals surface area contributed by atoms with E-state index in [0.717, 1.165) is 6.21 Å². The summed E-state index contributed by atoms with van der Waals surface area (Å²) < 4.78 is 11.8. The molecule has 1 N–H and O–H groups in total. The molecule has 7 heavy (non-hydrogen) atoms. The van der Waals surface area contributed by atoms with Crippen molar-refractivity contribution in [1.29, 1.82) is 0 Å². The van der Waals surface area contributed by atoms with Crippen LogP contribution >= 0.6 is 0 Å². The molecular weight excluding hydrogens is 95.1 g/mol. The summed E-state index contributed by atoms with van der Waals surface area (Å²) in [6.07, 6.45) is 3.60. The molecule has 0 spiro atoms. The third-order valence-corrected chi connectivity index (χ3v) is 0.570. The first-order valence-corrected chi connectivity index (χ1v) is 1.87. The fourth-order valence-electron chi connectivity index (χ4n) is 0.306. The van der Waals surface area contributed by atoms with Crippen molar-refractivity contribution in [2.75, 3.05) is 0 Å². The van der Waals surface area contributed by atoms with Gasteiger partial charge in [0.2, 0.25) is 0 Å². The van der Waals surface area contributed by atoms with E-state index in [-0.39, 0.29) is 0 Å². The zero-order chi connectivity index (χ0) is 5.11. The van der Waals surface area contributed by atoms with Gasteiger partial charge in [-0.15, -0.1) is 0 Å². The molecule has 0 amide bonds. The first kappa shape index (κ1) is 4.30. The highest BCUT2D eigenvalue weighted by molar-refractivity contribution is 5.72. The van der Waals surface area contributed by atoms with Crippen molar-refractivity contribution in [1.82, 2.24) is 5.32 Å². The molecule has 1 heterocycles. The van der Waals surface area contributed by atoms with E-state index in [9.17, 15) is 4.39 Å². The predicted octanol–water partition coefficient (Wildman–Crippen LogP) is 0.591. The molecule has 1 radical (unpaired) electrons. The number of hydrogen-bond acceptors (Lipinski definition) is 2. The first-order valence-electron chi connectivity index (χ1n) is 1.87. The van der Waals surface area contributed by atoms with E-state index in [1.165, 1.54) is 12.4 Å². The highest BCUT2D eigenvalue weighted by Gasteiger charge is 1.99. The van der Waals surface area contributed by atoms with Crippen LogP contribution in [0.15, 0.2) is 17.4 Å². The minimum Gasteiger partial charge on any atom is -0.349 e. The van der Waals surface area contributed by atoms with Gasteiger partial charge in [-0.25, -0.2) is 4.39 Å². The minimum absolute atomic E-state index is 0.414. The van der Waals surface area contributed by atoms with Crippen molar-refractivity contribution >= 4 is 6.21 Å². The Morgan fingerprint density at radius 3 is 2.86 bits per heavy atom. The highest BCUT2D eigenvalue weighted by atomic mass is 19.1. The van der Waals surface area contributed by atoms with Crippen LogP contribution in [0.5, 0.6) is 0 Å². The highest BCUT2D eigenvalue weighted by Crippen LogP contribution is 1.94. The van der Waals surface area contributed by atoms with Crippen LogP contribution in [0.25, 0.3) is 0 Å². The molecule has 0 aromatic carbocycles. The molecule has 0 fully saturated rings. The van der Waals surface area contributed by atoms with Crippen molar-refractivity contribution in [3.63, 3.8) is 0 Å². The predicted molar refractivity (Wildman–Crippen MR) is 25.1 cm³/mol. The second-order valence-corrected chi connectivity index (χ2v) is 1.09. The second kappa shape index (κ2) is 1.73. The Hall–Kier alpha value is -0.860. The zero-order valence-electron chi connectivity index (χ0n) is 3.56. The van der Waals surface area contributed by atoms with Crippen molar-refractivity contribution in [2.24, 2.45) is 4.99 Å². The smallest absolute Gasteiger partial charge is 0.274 e. The van der Waals surface area contributed by atoms with Gasteiger partial charge in [0, 0.05) is 12.4 Å². The molecule has 0 saturated heterocycles. The molecule has 0 aromatic heterocycles. The molecule has 0 bridgehead atoms. The van der Waals surface area contributed by atoms with Crippen LogP contribution in [-0.2, 0) is 0 Å². The summed E-state index contributed by atoms with van der Waals surface area (Å²) in [5.74, 6) is 0. The lowest BCUT2D eigenvalue weighted by atomic mass is 10.6. The van der Waals surface area contributed by atoms with Gasteiger partial charge in [0.05, 0.1) is 6.21 Å². The topological polar surface area (TPSA) is 24.4 Å². The van der Waals surface area contributed by atoms with Gasteiger partial charge >= 0.3 is 0 Å². The van der Waals surface area contributed by atoms with Crippen LogP contribution < -0.4 is 5.32 Å². The average molecular weight is 99.1 g/mol. The molecular formula is C4H4FN2. The standard InChI is InChI=1S/C4H4FN2/c5-4-3-6-1-2-7-4/h1-3,7H. The van der Waals surface area contributed by atoms with Crippen LogP contribution in [0, 0.1) is 6.30 Å². The second-order valence-electron chi connectivity index (χ2n) is 1.09. The molecule has 0 aliphatic carbocycles. The van der Waals surface area contributed by atoms with Gasteiger partial charge in [0.1, 0.15) is 0 Å². The summed E-state index contributed by atoms with van der Waals surface area (Å²) in [5, 5.41) is 2.30. The SMILES string of the molecule is F[C]1C=NC=CN1. The molecule has 1 aliphatic heterocycles. The molecule has 0 aromatic rings. The van der Waals surface area contributed by atoms with Crippen molar-refractivity contribution in [3.05, 3.63) is 18.7 Å². The van der Waals surface area contributed by atoms with E-state index in [4.69, 9.17) is 0 Å². The maximum Gasteiger partial charge on any atom is 0.274 e. The maximum atomic E-state index is 11.8. The molecule has 1 aliphatic rings. The van der Waals surface area contributed by atoms with E-state index < -0.39 is 6.30 Å². The summed E-state index contributed by atoms with van der Waals surface area (Å²) in [4.78, 5) is 3.48. The lowest BCUT2D eigenvalue weighted by molar-refractivity contribution is 0.520. The summed E-state index contributed by atoms with van der Waals surface area (Å²) in [6, 6.07) is 0. The molecule has 0 saturated carbocycles. The van der Waals surface area contributed by atoms with Crippen molar-refractivity contribution in [2.45, 2.75) is 0 Å². The minimum atomic E-state index is -0.414. The monoisotopic (exact) mass is 99.0 g/mol. The fourth-order valence-corrected chi connectivity index (χ4v) is 0.306. The van der Waals surface area contributed by atoms with Gasteiger partial charge in [-0.05, 0) is 0 Å². The Labute approximate surface area is 40.7 Å². The van der Waals surface area contributed by atoms with Gasteiger partial charge < -0.3 is 5.32 Å². The van der Waals surface area contributed by atoms with E-state index in [1.807, 2.05) is 0 Å². The van der Waals surface area contributed by atoms with Crippen LogP contribution in [0.2, 0.25) is 0 Å². The Morgan fingerprint density at radius 1 is 1.71 bits per heavy atom. The summed E-state index contributed by atoms with van der Waals surface area (Å²) >= 11 is 0. The first-order chi connectivity index (χ1) is 3.39. The number of aliphatic imine (C=N–C) groups is 1. The number of nitrogens with zero attached hydrogens (tertiary/aromatic N) is 1. The van der Waals surface area contributed by atoms with Crippen LogP contribution in [-0.4, -0.2) is 6.21 Å². The molecule has 0 unspecified atom stereocenters. The van der Waals surface area contributed by atoms with E-state index in [1.54, 1.807) is 0 Å². The Bertz CT molecular complexity index is 108. The van der Waals surface area contributed by atoms with Gasteiger partial charge in [0.25, 0.3) is 6.30 Å². The largest absolute Gasteiger partial charge is 0.349 e. The van der Waals surface area contributed by atoms with E-state index in [0.29, 0.717) is 0 Å². The third-order valence-electron chi connectivity index (χ3n) is 0.570. The van der Waals surface area contributed by atoms with E-state index in [2.05, 4.69) is 10.3 Å². The summed E-state index contributed by atoms with van der Waals surface area (Å²) in [5.41, 5.74) is 0. The van der Waals surface area contributed by atoms with Crippen LogP contribution in [0.3, 0.4) is 0 Å². The number of halogens is 1. The lowest BCUT2D eigenvalue weighted by Gasteiger charge is -2.00. The fraction of sp³-hybridized carbons (Fsp3) is 0.